The van der Waals surface area contributed by atoms with Crippen molar-refractivity contribution >= 4 is 16.7 Å². The number of amides is 1. The zero-order chi connectivity index (χ0) is 15.7. The van der Waals surface area contributed by atoms with Crippen LogP contribution in [0.15, 0.2) is 54.6 Å². The lowest BCUT2D eigenvalue weighted by Gasteiger charge is -2.11. The number of nitrogens with two attached hydrogens (primary N) is 1. The summed E-state index contributed by atoms with van der Waals surface area (Å²) < 4.78 is 5.15. The number of carbonyl (C=O) groups is 1. The van der Waals surface area contributed by atoms with Crippen LogP contribution in [0.2, 0.25) is 0 Å². The van der Waals surface area contributed by atoms with Gasteiger partial charge in [-0.15, -0.1) is 0 Å². The second-order valence-electron chi connectivity index (χ2n) is 4.99. The van der Waals surface area contributed by atoms with Gasteiger partial charge in [0.1, 0.15) is 11.5 Å². The van der Waals surface area contributed by atoms with E-state index in [1.807, 2.05) is 24.3 Å². The fourth-order valence-corrected chi connectivity index (χ4v) is 2.53. The van der Waals surface area contributed by atoms with Crippen molar-refractivity contribution < 1.29 is 14.6 Å². The fourth-order valence-electron chi connectivity index (χ4n) is 2.53. The summed E-state index contributed by atoms with van der Waals surface area (Å²) in [6.45, 7) is 0. The second kappa shape index (κ2) is 5.41. The van der Waals surface area contributed by atoms with Crippen molar-refractivity contribution in [1.82, 2.24) is 0 Å². The first-order valence-corrected chi connectivity index (χ1v) is 6.80. The van der Waals surface area contributed by atoms with Crippen LogP contribution >= 0.6 is 0 Å². The van der Waals surface area contributed by atoms with E-state index in [0.29, 0.717) is 5.56 Å². The van der Waals surface area contributed by atoms with Crippen molar-refractivity contribution in [3.63, 3.8) is 0 Å². The van der Waals surface area contributed by atoms with E-state index in [1.165, 1.54) is 0 Å². The Morgan fingerprint density at radius 3 is 2.41 bits per heavy atom. The Bertz CT molecular complexity index is 854. The lowest BCUT2D eigenvalue weighted by atomic mass is 9.96. The van der Waals surface area contributed by atoms with E-state index in [0.717, 1.165) is 27.6 Å². The zero-order valence-electron chi connectivity index (χ0n) is 12.0. The number of carbonyl (C=O) groups excluding carboxylic acids is 1. The molecule has 0 heterocycles. The predicted molar refractivity (Wildman–Crippen MR) is 86.1 cm³/mol. The summed E-state index contributed by atoms with van der Waals surface area (Å²) in [7, 11) is 1.61. The Labute approximate surface area is 127 Å². The second-order valence-corrected chi connectivity index (χ2v) is 4.99. The minimum absolute atomic E-state index is 0.185. The maximum atomic E-state index is 11.3. The number of methoxy groups -OCH3 is 1. The molecule has 0 saturated heterocycles. The highest BCUT2D eigenvalue weighted by Crippen LogP contribution is 2.37. The molecule has 0 atom stereocenters. The summed E-state index contributed by atoms with van der Waals surface area (Å²) in [6.07, 6.45) is 0. The van der Waals surface area contributed by atoms with Crippen molar-refractivity contribution in [2.75, 3.05) is 7.11 Å². The smallest absolute Gasteiger partial charge is 0.248 e. The molecule has 0 aliphatic heterocycles. The molecule has 0 bridgehead atoms. The van der Waals surface area contributed by atoms with Crippen molar-refractivity contribution in [1.29, 1.82) is 0 Å². The van der Waals surface area contributed by atoms with Gasteiger partial charge in [-0.25, -0.2) is 0 Å². The van der Waals surface area contributed by atoms with E-state index >= 15 is 0 Å². The van der Waals surface area contributed by atoms with E-state index in [2.05, 4.69) is 0 Å². The van der Waals surface area contributed by atoms with Crippen molar-refractivity contribution in [2.24, 2.45) is 5.73 Å². The molecule has 22 heavy (non-hydrogen) atoms. The molecule has 3 rings (SSSR count). The number of hydrogen-bond donors (Lipinski definition) is 2. The van der Waals surface area contributed by atoms with Crippen LogP contribution in [0, 0.1) is 0 Å². The van der Waals surface area contributed by atoms with Crippen molar-refractivity contribution in [3.05, 3.63) is 60.2 Å². The molecule has 0 fully saturated rings. The first-order valence-electron chi connectivity index (χ1n) is 6.80. The molecule has 0 aliphatic rings. The molecule has 0 spiro atoms. The monoisotopic (exact) mass is 293 g/mol. The largest absolute Gasteiger partial charge is 0.507 e. The van der Waals surface area contributed by atoms with E-state index in [1.54, 1.807) is 37.4 Å². The van der Waals surface area contributed by atoms with Gasteiger partial charge in [-0.1, -0.05) is 24.3 Å². The van der Waals surface area contributed by atoms with Crippen LogP contribution < -0.4 is 10.5 Å². The van der Waals surface area contributed by atoms with Crippen LogP contribution in [0.1, 0.15) is 10.4 Å². The van der Waals surface area contributed by atoms with Gasteiger partial charge in [0.2, 0.25) is 5.91 Å². The molecule has 0 aromatic heterocycles. The number of fused-ring (bicyclic) bond motifs is 1. The first kappa shape index (κ1) is 13.9. The molecule has 3 N–H and O–H groups in total. The maximum Gasteiger partial charge on any atom is 0.248 e. The standard InChI is InChI=1S/C18H15NO3/c1-22-14-6-2-11(3-7-14)17-15-8-4-13(18(19)21)10-12(15)5-9-16(17)20/h2-10,20H,1H3,(H2,19,21). The van der Waals surface area contributed by atoms with Crippen molar-refractivity contribution in [3.8, 4) is 22.6 Å². The Morgan fingerprint density at radius 2 is 1.77 bits per heavy atom. The Balaban J connectivity index is 2.22. The Hall–Kier alpha value is -3.01. The number of hydrogen-bond acceptors (Lipinski definition) is 3. The average Bonchev–Trinajstić information content (AvgIpc) is 2.54. The molecule has 3 aromatic rings. The number of phenols is 1. The third kappa shape index (κ3) is 2.35. The van der Waals surface area contributed by atoms with E-state index in [-0.39, 0.29) is 5.75 Å². The summed E-state index contributed by atoms with van der Waals surface area (Å²) in [5.74, 6) is 0.463. The lowest BCUT2D eigenvalue weighted by molar-refractivity contribution is 0.100. The van der Waals surface area contributed by atoms with Gasteiger partial charge in [0.15, 0.2) is 0 Å². The van der Waals surface area contributed by atoms with Gasteiger partial charge in [0.05, 0.1) is 7.11 Å². The predicted octanol–water partition coefficient (Wildman–Crippen LogP) is 3.32. The van der Waals surface area contributed by atoms with Crippen LogP contribution in [0.3, 0.4) is 0 Å². The number of rotatable bonds is 3. The quantitative estimate of drug-likeness (QED) is 0.778. The summed E-state index contributed by atoms with van der Waals surface area (Å²) in [6, 6.07) is 16.0. The third-order valence-electron chi connectivity index (χ3n) is 3.66. The molecule has 0 unspecified atom stereocenters. The number of benzene rings is 3. The highest BCUT2D eigenvalue weighted by Gasteiger charge is 2.11. The van der Waals surface area contributed by atoms with Gasteiger partial charge < -0.3 is 15.6 Å². The number of aromatic hydroxyl groups is 1. The fraction of sp³-hybridized carbons (Fsp3) is 0.0556. The third-order valence-corrected chi connectivity index (χ3v) is 3.66. The molecular formula is C18H15NO3. The van der Waals surface area contributed by atoms with Gasteiger partial charge >= 0.3 is 0 Å². The normalized spacial score (nSPS) is 10.6. The highest BCUT2D eigenvalue weighted by atomic mass is 16.5. The van der Waals surface area contributed by atoms with E-state index in [9.17, 15) is 9.90 Å². The molecule has 0 radical (unpaired) electrons. The van der Waals surface area contributed by atoms with Crippen LogP contribution in [-0.2, 0) is 0 Å². The summed E-state index contributed by atoms with van der Waals surface area (Å²) in [5.41, 5.74) is 7.35. The van der Waals surface area contributed by atoms with Gasteiger partial charge in [0.25, 0.3) is 0 Å². The van der Waals surface area contributed by atoms with Crippen LogP contribution in [0.4, 0.5) is 0 Å². The van der Waals surface area contributed by atoms with E-state index < -0.39 is 5.91 Å². The van der Waals surface area contributed by atoms with Crippen LogP contribution in [0.25, 0.3) is 21.9 Å². The van der Waals surface area contributed by atoms with Gasteiger partial charge in [-0.05, 0) is 46.7 Å². The minimum Gasteiger partial charge on any atom is -0.507 e. The molecule has 1 amide bonds. The zero-order valence-corrected chi connectivity index (χ0v) is 12.0. The Kier molecular flexibility index (Phi) is 3.43. The summed E-state index contributed by atoms with van der Waals surface area (Å²) in [4.78, 5) is 11.3. The molecule has 4 heteroatoms. The summed E-state index contributed by atoms with van der Waals surface area (Å²) in [5, 5.41) is 11.9. The molecule has 0 aliphatic carbocycles. The first-order chi connectivity index (χ1) is 10.6. The van der Waals surface area contributed by atoms with Gasteiger partial charge in [0, 0.05) is 11.1 Å². The van der Waals surface area contributed by atoms with Crippen molar-refractivity contribution in [2.45, 2.75) is 0 Å². The Morgan fingerprint density at radius 1 is 1.05 bits per heavy atom. The van der Waals surface area contributed by atoms with Crippen LogP contribution in [-0.4, -0.2) is 18.1 Å². The molecule has 4 nitrogen and oxygen atoms in total. The maximum absolute atomic E-state index is 11.3. The van der Waals surface area contributed by atoms with E-state index in [4.69, 9.17) is 10.5 Å². The minimum atomic E-state index is -0.471. The highest BCUT2D eigenvalue weighted by molar-refractivity contribution is 6.03. The lowest BCUT2D eigenvalue weighted by Crippen LogP contribution is -2.10. The van der Waals surface area contributed by atoms with Gasteiger partial charge in [-0.3, -0.25) is 4.79 Å². The van der Waals surface area contributed by atoms with Gasteiger partial charge in [-0.2, -0.15) is 0 Å². The van der Waals surface area contributed by atoms with Crippen LogP contribution in [0.5, 0.6) is 11.5 Å². The SMILES string of the molecule is COc1ccc(-c2c(O)ccc3cc(C(N)=O)ccc23)cc1. The number of ether oxygens (including phenoxy) is 1. The topological polar surface area (TPSA) is 72.6 Å². The average molecular weight is 293 g/mol. The number of primary amides is 1. The molecule has 0 saturated carbocycles. The molecule has 3 aromatic carbocycles. The molecule has 110 valence electrons. The molecular weight excluding hydrogens is 278 g/mol. The summed E-state index contributed by atoms with van der Waals surface area (Å²) >= 11 is 0. The number of phenolic OH excluding ortho intramolecular Hbond substituents is 1.